The number of rotatable bonds is 3. The molecule has 0 radical (unpaired) electrons. The van der Waals surface area contributed by atoms with Crippen molar-refractivity contribution in [2.45, 2.75) is 13.3 Å². The van der Waals surface area contributed by atoms with Crippen molar-refractivity contribution in [3.63, 3.8) is 0 Å². The van der Waals surface area contributed by atoms with Gasteiger partial charge in [-0.25, -0.2) is 0 Å². The van der Waals surface area contributed by atoms with Crippen molar-refractivity contribution < 1.29 is 9.59 Å². The van der Waals surface area contributed by atoms with Crippen LogP contribution >= 0.6 is 0 Å². The first-order valence-corrected chi connectivity index (χ1v) is 9.26. The number of hydrogen-bond donors (Lipinski definition) is 0. The maximum absolute atomic E-state index is 12.8. The number of aryl methyl sites for hydroxylation is 1. The van der Waals surface area contributed by atoms with E-state index in [-0.39, 0.29) is 35.5 Å². The van der Waals surface area contributed by atoms with Crippen molar-refractivity contribution >= 4 is 28.9 Å². The normalized spacial score (nSPS) is 28.6. The Balaban J connectivity index is 1.36. The molecule has 2 aliphatic carbocycles. The van der Waals surface area contributed by atoms with Gasteiger partial charge in [-0.3, -0.25) is 14.5 Å². The fourth-order valence-corrected chi connectivity index (χ4v) is 4.55. The molecule has 2 bridgehead atoms. The predicted molar refractivity (Wildman–Crippen MR) is 102 cm³/mol. The molecule has 27 heavy (non-hydrogen) atoms. The van der Waals surface area contributed by atoms with Crippen molar-refractivity contribution in [1.82, 2.24) is 0 Å². The summed E-state index contributed by atoms with van der Waals surface area (Å²) in [5, 5.41) is 8.45. The van der Waals surface area contributed by atoms with Gasteiger partial charge in [0, 0.05) is 0 Å². The Morgan fingerprint density at radius 1 is 0.778 bits per heavy atom. The summed E-state index contributed by atoms with van der Waals surface area (Å²) in [6.45, 7) is 2.02. The third kappa shape index (κ3) is 2.53. The summed E-state index contributed by atoms with van der Waals surface area (Å²) in [5.41, 5.74) is 3.26. The Bertz CT molecular complexity index is 946. The van der Waals surface area contributed by atoms with E-state index in [2.05, 4.69) is 22.4 Å². The lowest BCUT2D eigenvalue weighted by Crippen LogP contribution is -2.32. The zero-order valence-electron chi connectivity index (χ0n) is 14.9. The number of imide groups is 1. The zero-order chi connectivity index (χ0) is 18.5. The molecule has 4 atom stereocenters. The molecule has 3 aliphatic rings. The van der Waals surface area contributed by atoms with E-state index in [0.717, 1.165) is 12.1 Å². The largest absolute Gasteiger partial charge is 0.274 e. The van der Waals surface area contributed by atoms with Crippen LogP contribution in [-0.2, 0) is 9.59 Å². The van der Waals surface area contributed by atoms with Gasteiger partial charge in [0.1, 0.15) is 0 Å². The molecule has 0 N–H and O–H groups in total. The van der Waals surface area contributed by atoms with Gasteiger partial charge in [0.15, 0.2) is 0 Å². The summed E-state index contributed by atoms with van der Waals surface area (Å²) in [4.78, 5) is 27.0. The van der Waals surface area contributed by atoms with Crippen LogP contribution in [0.1, 0.15) is 12.0 Å². The Kier molecular flexibility index (Phi) is 3.57. The summed E-state index contributed by atoms with van der Waals surface area (Å²) in [5.74, 6) is -0.0124. The Hall–Kier alpha value is -3.08. The Labute approximate surface area is 157 Å². The highest BCUT2D eigenvalue weighted by Crippen LogP contribution is 2.53. The van der Waals surface area contributed by atoms with Crippen molar-refractivity contribution in [2.75, 3.05) is 4.90 Å². The topological polar surface area (TPSA) is 62.1 Å². The molecule has 5 heteroatoms. The summed E-state index contributed by atoms with van der Waals surface area (Å²) in [7, 11) is 0. The second-order valence-corrected chi connectivity index (χ2v) is 7.56. The number of azo groups is 1. The van der Waals surface area contributed by atoms with Gasteiger partial charge in [0.05, 0.1) is 28.9 Å². The minimum atomic E-state index is -0.173. The maximum atomic E-state index is 12.8. The van der Waals surface area contributed by atoms with E-state index in [4.69, 9.17) is 0 Å². The molecule has 1 aliphatic heterocycles. The van der Waals surface area contributed by atoms with E-state index in [9.17, 15) is 9.59 Å². The zero-order valence-corrected chi connectivity index (χ0v) is 14.9. The van der Waals surface area contributed by atoms with E-state index in [0.29, 0.717) is 11.4 Å². The molecule has 0 unspecified atom stereocenters. The van der Waals surface area contributed by atoms with Crippen LogP contribution in [0, 0.1) is 30.6 Å². The third-order valence-corrected chi connectivity index (χ3v) is 5.89. The molecule has 2 aromatic carbocycles. The minimum absolute atomic E-state index is 0.0594. The first-order chi connectivity index (χ1) is 13.1. The summed E-state index contributed by atoms with van der Waals surface area (Å²) >= 11 is 0. The molecule has 2 fully saturated rings. The summed E-state index contributed by atoms with van der Waals surface area (Å²) in [6.07, 6.45) is 5.16. The first kappa shape index (κ1) is 16.1. The number of anilines is 1. The van der Waals surface area contributed by atoms with Gasteiger partial charge in [0.25, 0.3) is 0 Å². The first-order valence-electron chi connectivity index (χ1n) is 9.26. The molecule has 1 heterocycles. The second kappa shape index (κ2) is 5.98. The second-order valence-electron chi connectivity index (χ2n) is 7.56. The number of hydrogen-bond acceptors (Lipinski definition) is 4. The van der Waals surface area contributed by atoms with E-state index >= 15 is 0 Å². The number of nitrogens with zero attached hydrogens (tertiary/aromatic N) is 3. The molecule has 5 nitrogen and oxygen atoms in total. The van der Waals surface area contributed by atoms with Gasteiger partial charge < -0.3 is 0 Å². The van der Waals surface area contributed by atoms with Crippen LogP contribution in [-0.4, -0.2) is 11.8 Å². The fourth-order valence-electron chi connectivity index (χ4n) is 4.55. The predicted octanol–water partition coefficient (Wildman–Crippen LogP) is 4.72. The molecule has 2 aromatic rings. The van der Waals surface area contributed by atoms with Gasteiger partial charge in [-0.2, -0.15) is 10.2 Å². The Morgan fingerprint density at radius 3 is 1.78 bits per heavy atom. The number of carbonyl (C=O) groups is 2. The molecule has 1 saturated heterocycles. The van der Waals surface area contributed by atoms with Gasteiger partial charge in [0.2, 0.25) is 11.8 Å². The number of amides is 2. The monoisotopic (exact) mass is 357 g/mol. The number of fused-ring (bicyclic) bond motifs is 5. The Morgan fingerprint density at radius 2 is 1.26 bits per heavy atom. The van der Waals surface area contributed by atoms with Crippen LogP contribution in [0.2, 0.25) is 0 Å². The van der Waals surface area contributed by atoms with Crippen LogP contribution in [0.4, 0.5) is 17.1 Å². The molecular weight excluding hydrogens is 338 g/mol. The molecule has 0 spiro atoms. The molecule has 5 rings (SSSR count). The van der Waals surface area contributed by atoms with Gasteiger partial charge in [-0.15, -0.1) is 0 Å². The SMILES string of the molecule is Cc1ccc(N=Nc2ccc(N3C(=O)[C@@H]4[C@@H](C3=O)[C@H]3C=C[C@H]4C3)cc2)cc1. The van der Waals surface area contributed by atoms with Crippen LogP contribution in [0.15, 0.2) is 70.9 Å². The molecular formula is C22H19N3O2. The maximum Gasteiger partial charge on any atom is 0.238 e. The van der Waals surface area contributed by atoms with Gasteiger partial charge in [-0.1, -0.05) is 29.8 Å². The lowest BCUT2D eigenvalue weighted by Gasteiger charge is -2.17. The highest BCUT2D eigenvalue weighted by molar-refractivity contribution is 6.22. The number of benzene rings is 2. The number of allylic oxidation sites excluding steroid dienone is 2. The third-order valence-electron chi connectivity index (χ3n) is 5.89. The van der Waals surface area contributed by atoms with Gasteiger partial charge in [-0.05, 0) is 61.6 Å². The smallest absolute Gasteiger partial charge is 0.238 e. The van der Waals surface area contributed by atoms with Crippen molar-refractivity contribution in [3.05, 3.63) is 66.2 Å². The highest BCUT2D eigenvalue weighted by atomic mass is 16.2. The van der Waals surface area contributed by atoms with Crippen molar-refractivity contribution in [3.8, 4) is 0 Å². The molecule has 0 aromatic heterocycles. The quantitative estimate of drug-likeness (QED) is 0.453. The summed E-state index contributed by atoms with van der Waals surface area (Å²) < 4.78 is 0. The lowest BCUT2D eigenvalue weighted by atomic mass is 9.85. The standard InChI is InChI=1S/C22H19N3O2/c1-13-2-6-16(7-3-13)23-24-17-8-10-18(11-9-17)25-21(26)19-14-4-5-15(12-14)20(19)22(25)27/h2-11,14-15,19-20H,12H2,1H3/t14-,15-,19-,20-/m0/s1. The van der Waals surface area contributed by atoms with E-state index < -0.39 is 0 Å². The van der Waals surface area contributed by atoms with E-state index in [1.54, 1.807) is 24.3 Å². The van der Waals surface area contributed by atoms with Gasteiger partial charge >= 0.3 is 0 Å². The van der Waals surface area contributed by atoms with Crippen molar-refractivity contribution in [2.24, 2.45) is 33.9 Å². The lowest BCUT2D eigenvalue weighted by molar-refractivity contribution is -0.123. The highest BCUT2D eigenvalue weighted by Gasteiger charge is 2.59. The van der Waals surface area contributed by atoms with Crippen LogP contribution in [0.5, 0.6) is 0 Å². The summed E-state index contributed by atoms with van der Waals surface area (Å²) in [6, 6.07) is 14.9. The molecule has 1 saturated carbocycles. The number of carbonyl (C=O) groups excluding carboxylic acids is 2. The average Bonchev–Trinajstić information content (AvgIpc) is 3.36. The molecule has 2 amide bonds. The van der Waals surface area contributed by atoms with Crippen LogP contribution < -0.4 is 4.90 Å². The minimum Gasteiger partial charge on any atom is -0.274 e. The van der Waals surface area contributed by atoms with Crippen LogP contribution in [0.25, 0.3) is 0 Å². The fraction of sp³-hybridized carbons (Fsp3) is 0.273. The van der Waals surface area contributed by atoms with E-state index in [1.807, 2.05) is 31.2 Å². The molecule has 134 valence electrons. The van der Waals surface area contributed by atoms with Crippen LogP contribution in [0.3, 0.4) is 0 Å². The average molecular weight is 357 g/mol. The van der Waals surface area contributed by atoms with E-state index in [1.165, 1.54) is 10.5 Å². The van der Waals surface area contributed by atoms with Crippen molar-refractivity contribution in [1.29, 1.82) is 0 Å².